The van der Waals surface area contributed by atoms with Crippen molar-refractivity contribution in [1.82, 2.24) is 5.32 Å². The van der Waals surface area contributed by atoms with Crippen molar-refractivity contribution >= 4 is 5.97 Å². The highest BCUT2D eigenvalue weighted by Gasteiger charge is 2.41. The van der Waals surface area contributed by atoms with E-state index in [-0.39, 0.29) is 5.97 Å². The Hall–Kier alpha value is -0.610. The summed E-state index contributed by atoms with van der Waals surface area (Å²) in [4.78, 5) is 12.0. The van der Waals surface area contributed by atoms with Crippen LogP contribution in [0.3, 0.4) is 0 Å². The number of carbonyl (C=O) groups excluding carboxylic acids is 1. The third-order valence-corrected chi connectivity index (χ3v) is 2.98. The van der Waals surface area contributed by atoms with Crippen molar-refractivity contribution in [3.05, 3.63) is 0 Å². The van der Waals surface area contributed by atoms with Crippen molar-refractivity contribution in [3.63, 3.8) is 0 Å². The van der Waals surface area contributed by atoms with Gasteiger partial charge in [0, 0.05) is 6.61 Å². The van der Waals surface area contributed by atoms with Gasteiger partial charge in [-0.3, -0.25) is 4.79 Å². The molecule has 94 valence electrons. The van der Waals surface area contributed by atoms with Gasteiger partial charge in [-0.15, -0.1) is 0 Å². The molecule has 1 aliphatic heterocycles. The minimum atomic E-state index is -0.416. The predicted octanol–water partition coefficient (Wildman–Crippen LogP) is 1.49. The van der Waals surface area contributed by atoms with E-state index in [0.717, 1.165) is 32.2 Å². The second kappa shape index (κ2) is 6.86. The number of ether oxygens (including phenoxy) is 2. The van der Waals surface area contributed by atoms with Gasteiger partial charge in [0.25, 0.3) is 0 Å². The van der Waals surface area contributed by atoms with Gasteiger partial charge in [-0.2, -0.15) is 0 Å². The van der Waals surface area contributed by atoms with Crippen LogP contribution < -0.4 is 5.32 Å². The largest absolute Gasteiger partial charge is 0.462 e. The Morgan fingerprint density at radius 2 is 2.19 bits per heavy atom. The van der Waals surface area contributed by atoms with Gasteiger partial charge in [-0.1, -0.05) is 13.3 Å². The van der Waals surface area contributed by atoms with E-state index in [1.165, 1.54) is 0 Å². The Balaban J connectivity index is 2.36. The molecule has 1 aliphatic rings. The van der Waals surface area contributed by atoms with Crippen LogP contribution in [0.5, 0.6) is 0 Å². The van der Waals surface area contributed by atoms with Crippen molar-refractivity contribution in [2.24, 2.45) is 0 Å². The van der Waals surface area contributed by atoms with Crippen molar-refractivity contribution < 1.29 is 14.3 Å². The van der Waals surface area contributed by atoms with Crippen LogP contribution in [-0.4, -0.2) is 37.9 Å². The summed E-state index contributed by atoms with van der Waals surface area (Å²) in [7, 11) is 0. The Bertz CT molecular complexity index is 212. The lowest BCUT2D eigenvalue weighted by Gasteiger charge is -2.26. The third-order valence-electron chi connectivity index (χ3n) is 2.98. The van der Waals surface area contributed by atoms with E-state index in [0.29, 0.717) is 19.8 Å². The zero-order valence-corrected chi connectivity index (χ0v) is 10.4. The first kappa shape index (κ1) is 13.5. The van der Waals surface area contributed by atoms with Crippen LogP contribution in [0.15, 0.2) is 0 Å². The van der Waals surface area contributed by atoms with E-state index < -0.39 is 5.54 Å². The minimum Gasteiger partial charge on any atom is -0.462 e. The first-order chi connectivity index (χ1) is 7.75. The van der Waals surface area contributed by atoms with Gasteiger partial charge in [0.15, 0.2) is 0 Å². The number of carbonyl (C=O) groups is 1. The van der Waals surface area contributed by atoms with Crippen molar-refractivity contribution in [1.29, 1.82) is 0 Å². The molecule has 0 saturated carbocycles. The highest BCUT2D eigenvalue weighted by molar-refractivity contribution is 5.81. The SMILES string of the molecule is CCCC1(C(=O)OCCOCC)CCCN1. The maximum absolute atomic E-state index is 12.0. The van der Waals surface area contributed by atoms with E-state index in [1.807, 2.05) is 6.92 Å². The Morgan fingerprint density at radius 3 is 2.75 bits per heavy atom. The molecule has 0 radical (unpaired) electrons. The molecule has 1 atom stereocenters. The van der Waals surface area contributed by atoms with Gasteiger partial charge >= 0.3 is 5.97 Å². The molecular weight excluding hydrogens is 206 g/mol. The Morgan fingerprint density at radius 1 is 1.38 bits per heavy atom. The Labute approximate surface area is 97.7 Å². The molecular formula is C12H23NO3. The zero-order chi connectivity index (χ0) is 11.9. The van der Waals surface area contributed by atoms with Gasteiger partial charge < -0.3 is 14.8 Å². The predicted molar refractivity (Wildman–Crippen MR) is 62.3 cm³/mol. The molecule has 1 saturated heterocycles. The van der Waals surface area contributed by atoms with E-state index in [2.05, 4.69) is 12.2 Å². The third kappa shape index (κ3) is 3.46. The maximum atomic E-state index is 12.0. The van der Waals surface area contributed by atoms with Crippen LogP contribution in [0.4, 0.5) is 0 Å². The summed E-state index contributed by atoms with van der Waals surface area (Å²) in [5.41, 5.74) is -0.416. The average molecular weight is 229 g/mol. The summed E-state index contributed by atoms with van der Waals surface area (Å²) < 4.78 is 10.4. The molecule has 1 unspecified atom stereocenters. The first-order valence-electron chi connectivity index (χ1n) is 6.25. The van der Waals surface area contributed by atoms with Gasteiger partial charge in [0.1, 0.15) is 12.1 Å². The smallest absolute Gasteiger partial charge is 0.326 e. The summed E-state index contributed by atoms with van der Waals surface area (Å²) in [6.45, 7) is 6.45. The highest BCUT2D eigenvalue weighted by Crippen LogP contribution is 2.26. The fourth-order valence-corrected chi connectivity index (χ4v) is 2.20. The van der Waals surface area contributed by atoms with Gasteiger partial charge in [-0.25, -0.2) is 0 Å². The molecule has 0 aromatic heterocycles. The quantitative estimate of drug-likeness (QED) is 0.531. The lowest BCUT2D eigenvalue weighted by atomic mass is 9.92. The lowest BCUT2D eigenvalue weighted by molar-refractivity contribution is -0.153. The maximum Gasteiger partial charge on any atom is 0.326 e. The normalized spacial score (nSPS) is 24.6. The summed E-state index contributed by atoms with van der Waals surface area (Å²) in [5, 5.41) is 3.30. The van der Waals surface area contributed by atoms with Crippen LogP contribution in [0.25, 0.3) is 0 Å². The number of rotatable bonds is 7. The molecule has 0 amide bonds. The van der Waals surface area contributed by atoms with Crippen LogP contribution in [-0.2, 0) is 14.3 Å². The molecule has 1 fully saturated rings. The lowest BCUT2D eigenvalue weighted by Crippen LogP contribution is -2.48. The fourth-order valence-electron chi connectivity index (χ4n) is 2.20. The van der Waals surface area contributed by atoms with Crippen molar-refractivity contribution in [3.8, 4) is 0 Å². The summed E-state index contributed by atoms with van der Waals surface area (Å²) >= 11 is 0. The van der Waals surface area contributed by atoms with Crippen LogP contribution in [0, 0.1) is 0 Å². The summed E-state index contributed by atoms with van der Waals surface area (Å²) in [6.07, 6.45) is 3.81. The molecule has 1 heterocycles. The van der Waals surface area contributed by atoms with Gasteiger partial charge in [0.2, 0.25) is 0 Å². The standard InChI is InChI=1S/C12H23NO3/c1-3-6-12(7-5-8-13-12)11(14)16-10-9-15-4-2/h13H,3-10H2,1-2H3. The topological polar surface area (TPSA) is 47.6 Å². The molecule has 1 N–H and O–H groups in total. The molecule has 16 heavy (non-hydrogen) atoms. The van der Waals surface area contributed by atoms with E-state index >= 15 is 0 Å². The van der Waals surface area contributed by atoms with E-state index in [9.17, 15) is 4.79 Å². The highest BCUT2D eigenvalue weighted by atomic mass is 16.6. The Kier molecular flexibility index (Phi) is 5.77. The number of hydrogen-bond donors (Lipinski definition) is 1. The van der Waals surface area contributed by atoms with E-state index in [4.69, 9.17) is 9.47 Å². The first-order valence-corrected chi connectivity index (χ1v) is 6.25. The molecule has 4 nitrogen and oxygen atoms in total. The fraction of sp³-hybridized carbons (Fsp3) is 0.917. The number of esters is 1. The molecule has 0 spiro atoms. The molecule has 0 bridgehead atoms. The summed E-state index contributed by atoms with van der Waals surface area (Å²) in [5.74, 6) is -0.105. The van der Waals surface area contributed by atoms with Gasteiger partial charge in [-0.05, 0) is 32.7 Å². The van der Waals surface area contributed by atoms with E-state index in [1.54, 1.807) is 0 Å². The van der Waals surface area contributed by atoms with Gasteiger partial charge in [0.05, 0.1) is 6.61 Å². The molecule has 0 aliphatic carbocycles. The minimum absolute atomic E-state index is 0.105. The van der Waals surface area contributed by atoms with Crippen LogP contribution in [0.1, 0.15) is 39.5 Å². The average Bonchev–Trinajstić information content (AvgIpc) is 2.74. The van der Waals surface area contributed by atoms with Crippen LogP contribution in [0.2, 0.25) is 0 Å². The molecule has 4 heteroatoms. The summed E-state index contributed by atoms with van der Waals surface area (Å²) in [6, 6.07) is 0. The van der Waals surface area contributed by atoms with Crippen molar-refractivity contribution in [2.45, 2.75) is 45.1 Å². The monoisotopic (exact) mass is 229 g/mol. The molecule has 1 rings (SSSR count). The number of hydrogen-bond acceptors (Lipinski definition) is 4. The van der Waals surface area contributed by atoms with Crippen molar-refractivity contribution in [2.75, 3.05) is 26.4 Å². The second-order valence-electron chi connectivity index (χ2n) is 4.20. The zero-order valence-electron chi connectivity index (χ0n) is 10.4. The van der Waals surface area contributed by atoms with Crippen LogP contribution >= 0.6 is 0 Å². The molecule has 0 aromatic carbocycles. The second-order valence-corrected chi connectivity index (χ2v) is 4.20. The number of nitrogens with one attached hydrogen (secondary N) is 1. The molecule has 0 aromatic rings.